The summed E-state index contributed by atoms with van der Waals surface area (Å²) in [6.07, 6.45) is 0.591. The number of halogens is 1. The van der Waals surface area contributed by atoms with Crippen molar-refractivity contribution >= 4 is 45.9 Å². The topological polar surface area (TPSA) is 33.6 Å². The van der Waals surface area contributed by atoms with Gasteiger partial charge in [-0.25, -0.2) is 0 Å². The third-order valence-corrected chi connectivity index (χ3v) is 4.83. The number of benzene rings is 3. The summed E-state index contributed by atoms with van der Waals surface area (Å²) in [7, 11) is 0. The van der Waals surface area contributed by atoms with Gasteiger partial charge in [-0.15, -0.1) is 0 Å². The minimum atomic E-state index is 0.565. The maximum atomic E-state index is 6.20. The lowest BCUT2D eigenvalue weighted by Gasteiger charge is -2.10. The smallest absolute Gasteiger partial charge is 0.146 e. The minimum absolute atomic E-state index is 0.565. The molecule has 0 amide bonds. The van der Waals surface area contributed by atoms with Crippen LogP contribution < -0.4 is 10.1 Å². The van der Waals surface area contributed by atoms with Gasteiger partial charge in [-0.05, 0) is 36.8 Å². The van der Waals surface area contributed by atoms with E-state index in [4.69, 9.17) is 33.5 Å². The Bertz CT molecular complexity index is 1040. The van der Waals surface area contributed by atoms with Gasteiger partial charge in [0.2, 0.25) is 0 Å². The van der Waals surface area contributed by atoms with Crippen LogP contribution in [0.1, 0.15) is 17.5 Å². The Labute approximate surface area is 168 Å². The average Bonchev–Trinajstić information content (AvgIpc) is 2.82. The van der Waals surface area contributed by atoms with Crippen molar-refractivity contribution in [2.45, 2.75) is 13.3 Å². The molecule has 3 aromatic carbocycles. The van der Waals surface area contributed by atoms with E-state index in [1.807, 2.05) is 36.4 Å². The van der Waals surface area contributed by atoms with Crippen LogP contribution in [0.4, 0.5) is 11.4 Å². The first kappa shape index (κ1) is 17.7. The molecule has 1 N–H and O–H groups in total. The second-order valence-corrected chi connectivity index (χ2v) is 7.26. The van der Waals surface area contributed by atoms with E-state index in [2.05, 4.69) is 36.5 Å². The number of nitrogens with one attached hydrogen (secondary N) is 1. The fourth-order valence-corrected chi connectivity index (χ4v) is 3.29. The van der Waals surface area contributed by atoms with E-state index in [0.717, 1.165) is 27.6 Å². The molecule has 5 heteroatoms. The van der Waals surface area contributed by atoms with Gasteiger partial charge in [-0.2, -0.15) is 0 Å². The number of fused-ring (bicyclic) bond motifs is 1. The molecule has 0 aromatic heterocycles. The normalized spacial score (nSPS) is 13.3. The van der Waals surface area contributed by atoms with Crippen molar-refractivity contribution in [2.75, 3.05) is 5.32 Å². The number of aryl methyl sites for hydroxylation is 1. The number of hydrogen-bond acceptors (Lipinski definition) is 3. The lowest BCUT2D eigenvalue weighted by atomic mass is 10.1. The maximum Gasteiger partial charge on any atom is 0.146 e. The number of rotatable bonds is 3. The highest BCUT2D eigenvalue weighted by molar-refractivity contribution is 7.80. The molecule has 0 spiro atoms. The van der Waals surface area contributed by atoms with E-state index in [1.165, 1.54) is 5.56 Å². The third kappa shape index (κ3) is 4.02. The van der Waals surface area contributed by atoms with Crippen LogP contribution in [0.5, 0.6) is 11.5 Å². The molecule has 0 saturated carbocycles. The fraction of sp³-hybridized carbons (Fsp3) is 0.0909. The van der Waals surface area contributed by atoms with Crippen LogP contribution in [-0.4, -0.2) is 10.7 Å². The van der Waals surface area contributed by atoms with Crippen molar-refractivity contribution in [3.63, 3.8) is 0 Å². The average molecular weight is 393 g/mol. The van der Waals surface area contributed by atoms with Gasteiger partial charge in [0, 0.05) is 12.5 Å². The second kappa shape index (κ2) is 7.51. The molecule has 0 radical (unpaired) electrons. The molecule has 0 aliphatic carbocycles. The molecular weight excluding hydrogens is 376 g/mol. The van der Waals surface area contributed by atoms with Crippen LogP contribution in [0, 0.1) is 6.92 Å². The summed E-state index contributed by atoms with van der Waals surface area (Å²) in [5.74, 6) is 1.28. The van der Waals surface area contributed by atoms with Crippen LogP contribution in [0.2, 0.25) is 5.02 Å². The molecule has 4 rings (SSSR count). The van der Waals surface area contributed by atoms with Gasteiger partial charge >= 0.3 is 0 Å². The highest BCUT2D eigenvalue weighted by Crippen LogP contribution is 2.36. The van der Waals surface area contributed by atoms with Gasteiger partial charge in [0.05, 0.1) is 27.1 Å². The molecule has 0 fully saturated rings. The molecule has 3 aromatic rings. The highest BCUT2D eigenvalue weighted by atomic mass is 35.5. The summed E-state index contributed by atoms with van der Waals surface area (Å²) >= 11 is 11.7. The third-order valence-electron chi connectivity index (χ3n) is 4.28. The molecule has 0 unspecified atom stereocenters. The van der Waals surface area contributed by atoms with Crippen LogP contribution in [0.25, 0.3) is 0 Å². The van der Waals surface area contributed by atoms with Gasteiger partial charge in [-0.1, -0.05) is 65.8 Å². The van der Waals surface area contributed by atoms with E-state index in [9.17, 15) is 0 Å². The summed E-state index contributed by atoms with van der Waals surface area (Å²) in [5, 5.41) is 3.84. The number of anilines is 1. The molecular formula is C22H17ClN2OS. The number of thiocarbonyl (C=S) groups is 1. The van der Waals surface area contributed by atoms with E-state index in [0.29, 0.717) is 22.9 Å². The zero-order chi connectivity index (χ0) is 18.8. The zero-order valence-electron chi connectivity index (χ0n) is 14.7. The lowest BCUT2D eigenvalue weighted by molar-refractivity contribution is 0.483. The van der Waals surface area contributed by atoms with Crippen molar-refractivity contribution in [1.29, 1.82) is 0 Å². The number of nitrogens with zero attached hydrogens (tertiary/aromatic N) is 1. The summed E-state index contributed by atoms with van der Waals surface area (Å²) < 4.78 is 5.94. The minimum Gasteiger partial charge on any atom is -0.456 e. The second-order valence-electron chi connectivity index (χ2n) is 6.36. The van der Waals surface area contributed by atoms with Crippen molar-refractivity contribution in [2.24, 2.45) is 4.99 Å². The molecule has 0 atom stereocenters. The van der Waals surface area contributed by atoms with Crippen LogP contribution in [0.15, 0.2) is 71.7 Å². The molecule has 1 heterocycles. The number of hydrogen-bond donors (Lipinski definition) is 1. The standard InChI is InChI=1S/C22H17ClN2OS/c1-14-6-8-15(9-7-14)19-13-22(27)25-18-11-10-16(12-20(18)24-19)26-21-5-3-2-4-17(21)23/h2-12H,13H2,1H3,(H,25,27). The first-order chi connectivity index (χ1) is 13.1. The van der Waals surface area contributed by atoms with Crippen LogP contribution in [-0.2, 0) is 0 Å². The number of ether oxygens (including phenoxy) is 1. The molecule has 134 valence electrons. The fourth-order valence-electron chi connectivity index (χ4n) is 2.87. The van der Waals surface area contributed by atoms with Gasteiger partial charge in [-0.3, -0.25) is 4.99 Å². The number of aliphatic imine (C=N–C) groups is 1. The van der Waals surface area contributed by atoms with Gasteiger partial charge in [0.15, 0.2) is 0 Å². The van der Waals surface area contributed by atoms with E-state index >= 15 is 0 Å². The van der Waals surface area contributed by atoms with Crippen molar-refractivity contribution in [1.82, 2.24) is 0 Å². The van der Waals surface area contributed by atoms with E-state index < -0.39 is 0 Å². The summed E-state index contributed by atoms with van der Waals surface area (Å²) in [5.41, 5.74) is 4.87. The summed E-state index contributed by atoms with van der Waals surface area (Å²) in [4.78, 5) is 5.61. The predicted octanol–water partition coefficient (Wildman–Crippen LogP) is 6.70. The molecule has 0 saturated heterocycles. The Balaban J connectivity index is 1.72. The Hall–Kier alpha value is -2.69. The van der Waals surface area contributed by atoms with Crippen LogP contribution >= 0.6 is 23.8 Å². The van der Waals surface area contributed by atoms with Crippen molar-refractivity contribution in [3.05, 3.63) is 82.9 Å². The van der Waals surface area contributed by atoms with Gasteiger partial charge in [0.1, 0.15) is 11.5 Å². The monoisotopic (exact) mass is 392 g/mol. The van der Waals surface area contributed by atoms with Crippen molar-refractivity contribution in [3.8, 4) is 11.5 Å². The first-order valence-corrected chi connectivity index (χ1v) is 9.38. The van der Waals surface area contributed by atoms with E-state index in [-0.39, 0.29) is 0 Å². The SMILES string of the molecule is Cc1ccc(C2=Nc3cc(Oc4ccccc4Cl)ccc3NC(=S)C2)cc1. The molecule has 3 nitrogen and oxygen atoms in total. The Morgan fingerprint density at radius 1 is 1.04 bits per heavy atom. The Kier molecular flexibility index (Phi) is 4.92. The van der Waals surface area contributed by atoms with Gasteiger partial charge < -0.3 is 10.1 Å². The largest absolute Gasteiger partial charge is 0.456 e. The van der Waals surface area contributed by atoms with Gasteiger partial charge in [0.25, 0.3) is 0 Å². The molecule has 1 aliphatic rings. The Morgan fingerprint density at radius 2 is 1.81 bits per heavy atom. The summed E-state index contributed by atoms with van der Waals surface area (Å²) in [6, 6.07) is 21.4. The van der Waals surface area contributed by atoms with E-state index in [1.54, 1.807) is 6.07 Å². The molecule has 27 heavy (non-hydrogen) atoms. The molecule has 0 bridgehead atoms. The Morgan fingerprint density at radius 3 is 2.59 bits per heavy atom. The zero-order valence-corrected chi connectivity index (χ0v) is 16.3. The quantitative estimate of drug-likeness (QED) is 0.503. The lowest BCUT2D eigenvalue weighted by Crippen LogP contribution is -2.12. The highest BCUT2D eigenvalue weighted by Gasteiger charge is 2.16. The summed E-state index contributed by atoms with van der Waals surface area (Å²) in [6.45, 7) is 2.07. The van der Waals surface area contributed by atoms with Crippen molar-refractivity contribution < 1.29 is 4.74 Å². The predicted molar refractivity (Wildman–Crippen MR) is 116 cm³/mol. The maximum absolute atomic E-state index is 6.20. The first-order valence-electron chi connectivity index (χ1n) is 8.59. The molecule has 1 aliphatic heterocycles. The van der Waals surface area contributed by atoms with Crippen LogP contribution in [0.3, 0.4) is 0 Å². The number of para-hydroxylation sites is 1.